The Morgan fingerprint density at radius 1 is 1.00 bits per heavy atom. The molecule has 0 saturated carbocycles. The molecule has 0 N–H and O–H groups in total. The maximum atomic E-state index is 14.3. The normalized spacial score (nSPS) is 13.5. The summed E-state index contributed by atoms with van der Waals surface area (Å²) in [5, 5.41) is 9.23. The number of pyridine rings is 1. The van der Waals surface area contributed by atoms with E-state index in [1.807, 2.05) is 35.1 Å². The minimum atomic E-state index is -0.278. The van der Waals surface area contributed by atoms with E-state index in [0.717, 1.165) is 36.3 Å². The van der Waals surface area contributed by atoms with Crippen LogP contribution >= 0.6 is 0 Å². The molecule has 0 unspecified atom stereocenters. The van der Waals surface area contributed by atoms with E-state index in [1.165, 1.54) is 6.07 Å². The van der Waals surface area contributed by atoms with Crippen LogP contribution in [0.25, 0.3) is 28.3 Å². The molecule has 1 aliphatic heterocycles. The van der Waals surface area contributed by atoms with Crippen molar-refractivity contribution in [3.05, 3.63) is 60.2 Å². The van der Waals surface area contributed by atoms with Crippen LogP contribution in [0.4, 0.5) is 4.39 Å². The molecule has 118 valence electrons. The first-order valence-corrected chi connectivity index (χ1v) is 7.97. The van der Waals surface area contributed by atoms with Gasteiger partial charge in [0, 0.05) is 18.3 Å². The van der Waals surface area contributed by atoms with Gasteiger partial charge in [0.25, 0.3) is 0 Å². The molecular formula is C18H14FN5. The van der Waals surface area contributed by atoms with E-state index in [1.54, 1.807) is 16.6 Å². The largest absolute Gasteiger partial charge is 0.268 e. The molecule has 0 spiro atoms. The minimum Gasteiger partial charge on any atom is -0.268 e. The van der Waals surface area contributed by atoms with Gasteiger partial charge < -0.3 is 0 Å². The van der Waals surface area contributed by atoms with Crippen molar-refractivity contribution in [2.24, 2.45) is 0 Å². The Kier molecular flexibility index (Phi) is 2.79. The van der Waals surface area contributed by atoms with Gasteiger partial charge in [0.1, 0.15) is 11.5 Å². The maximum Gasteiger partial charge on any atom is 0.186 e. The predicted molar refractivity (Wildman–Crippen MR) is 87.9 cm³/mol. The Labute approximate surface area is 137 Å². The number of benzene rings is 1. The molecule has 0 radical (unpaired) electrons. The van der Waals surface area contributed by atoms with Gasteiger partial charge in [-0.1, -0.05) is 18.2 Å². The lowest BCUT2D eigenvalue weighted by molar-refractivity contribution is 0.627. The molecule has 5 rings (SSSR count). The van der Waals surface area contributed by atoms with Crippen LogP contribution in [0.3, 0.4) is 0 Å². The average Bonchev–Trinajstić information content (AvgIpc) is 3.28. The quantitative estimate of drug-likeness (QED) is 0.569. The molecule has 4 heterocycles. The van der Waals surface area contributed by atoms with E-state index in [9.17, 15) is 4.39 Å². The lowest BCUT2D eigenvalue weighted by Crippen LogP contribution is -1.94. The van der Waals surface area contributed by atoms with Crippen molar-refractivity contribution in [3.63, 3.8) is 0 Å². The van der Waals surface area contributed by atoms with Crippen molar-refractivity contribution in [2.45, 2.75) is 19.4 Å². The number of hydrogen-bond acceptors (Lipinski definition) is 3. The second-order valence-electron chi connectivity index (χ2n) is 5.92. The van der Waals surface area contributed by atoms with E-state index < -0.39 is 0 Å². The van der Waals surface area contributed by atoms with Crippen molar-refractivity contribution >= 4 is 5.65 Å². The second kappa shape index (κ2) is 4.99. The molecule has 0 amide bonds. The third-order valence-electron chi connectivity index (χ3n) is 4.44. The van der Waals surface area contributed by atoms with Crippen LogP contribution in [0, 0.1) is 5.82 Å². The topological polar surface area (TPSA) is 48.0 Å². The summed E-state index contributed by atoms with van der Waals surface area (Å²) in [5.41, 5.74) is 3.82. The van der Waals surface area contributed by atoms with Crippen LogP contribution < -0.4 is 0 Å². The Balaban J connectivity index is 1.79. The standard InChI is InChI=1S/C18H14FN5/c19-13-7-2-1-6-12(13)17-16(14-8-5-11-23(14)21-17)18-20-15-9-3-4-10-24(15)22-18/h1-4,6-7,9-10H,5,8,11H2. The van der Waals surface area contributed by atoms with Crippen molar-refractivity contribution in [3.8, 4) is 22.6 Å². The number of aromatic nitrogens is 5. The summed E-state index contributed by atoms with van der Waals surface area (Å²) in [6, 6.07) is 12.5. The molecule has 0 bridgehead atoms. The van der Waals surface area contributed by atoms with E-state index >= 15 is 0 Å². The number of aryl methyl sites for hydroxylation is 1. The zero-order valence-corrected chi connectivity index (χ0v) is 12.9. The van der Waals surface area contributed by atoms with Crippen molar-refractivity contribution < 1.29 is 4.39 Å². The van der Waals surface area contributed by atoms with E-state index in [4.69, 9.17) is 0 Å². The smallest absolute Gasteiger partial charge is 0.186 e. The molecule has 4 aromatic rings. The molecule has 0 fully saturated rings. The minimum absolute atomic E-state index is 0.278. The molecular weight excluding hydrogens is 305 g/mol. The van der Waals surface area contributed by atoms with E-state index in [0.29, 0.717) is 17.1 Å². The highest BCUT2D eigenvalue weighted by Gasteiger charge is 2.27. The Morgan fingerprint density at radius 2 is 1.88 bits per heavy atom. The van der Waals surface area contributed by atoms with Crippen LogP contribution in [-0.4, -0.2) is 24.4 Å². The first-order valence-electron chi connectivity index (χ1n) is 7.97. The summed E-state index contributed by atoms with van der Waals surface area (Å²) < 4.78 is 18.0. The molecule has 1 aromatic carbocycles. The molecule has 3 aromatic heterocycles. The van der Waals surface area contributed by atoms with Gasteiger partial charge in [0.2, 0.25) is 0 Å². The monoisotopic (exact) mass is 319 g/mol. The van der Waals surface area contributed by atoms with Gasteiger partial charge in [0.15, 0.2) is 11.5 Å². The SMILES string of the molecule is Fc1ccccc1-c1nn2c(c1-c1nc3ccccn3n1)CCC2. The number of nitrogens with zero attached hydrogens (tertiary/aromatic N) is 5. The van der Waals surface area contributed by atoms with Gasteiger partial charge in [-0.05, 0) is 37.1 Å². The van der Waals surface area contributed by atoms with Crippen LogP contribution in [0.1, 0.15) is 12.1 Å². The summed E-state index contributed by atoms with van der Waals surface area (Å²) in [7, 11) is 0. The van der Waals surface area contributed by atoms with E-state index in [-0.39, 0.29) is 5.82 Å². The second-order valence-corrected chi connectivity index (χ2v) is 5.92. The zero-order valence-electron chi connectivity index (χ0n) is 12.9. The number of rotatable bonds is 2. The average molecular weight is 319 g/mol. The van der Waals surface area contributed by atoms with Crippen LogP contribution in [0.5, 0.6) is 0 Å². The van der Waals surface area contributed by atoms with Gasteiger partial charge in [-0.2, -0.15) is 5.10 Å². The lowest BCUT2D eigenvalue weighted by atomic mass is 10.0. The molecule has 0 aliphatic carbocycles. The molecule has 0 saturated heterocycles. The number of halogens is 1. The maximum absolute atomic E-state index is 14.3. The lowest BCUT2D eigenvalue weighted by Gasteiger charge is -2.02. The summed E-state index contributed by atoms with van der Waals surface area (Å²) >= 11 is 0. The van der Waals surface area contributed by atoms with Crippen molar-refractivity contribution in [1.29, 1.82) is 0 Å². The first kappa shape index (κ1) is 13.4. The van der Waals surface area contributed by atoms with E-state index in [2.05, 4.69) is 15.2 Å². The first-order chi connectivity index (χ1) is 11.8. The summed E-state index contributed by atoms with van der Waals surface area (Å²) in [4.78, 5) is 4.62. The highest BCUT2D eigenvalue weighted by Crippen LogP contribution is 2.36. The summed E-state index contributed by atoms with van der Waals surface area (Å²) in [5.74, 6) is 0.321. The molecule has 5 nitrogen and oxygen atoms in total. The Morgan fingerprint density at radius 3 is 2.75 bits per heavy atom. The highest BCUT2D eigenvalue weighted by atomic mass is 19.1. The zero-order chi connectivity index (χ0) is 16.1. The van der Waals surface area contributed by atoms with Gasteiger partial charge in [0.05, 0.1) is 11.3 Å². The van der Waals surface area contributed by atoms with Crippen molar-refractivity contribution in [1.82, 2.24) is 24.4 Å². The number of hydrogen-bond donors (Lipinski definition) is 0. The van der Waals surface area contributed by atoms with Gasteiger partial charge in [-0.15, -0.1) is 5.10 Å². The molecule has 24 heavy (non-hydrogen) atoms. The van der Waals surface area contributed by atoms with Gasteiger partial charge in [-0.25, -0.2) is 13.9 Å². The third kappa shape index (κ3) is 1.89. The van der Waals surface area contributed by atoms with Gasteiger partial charge >= 0.3 is 0 Å². The third-order valence-corrected chi connectivity index (χ3v) is 4.44. The number of fused-ring (bicyclic) bond motifs is 2. The predicted octanol–water partition coefficient (Wildman–Crippen LogP) is 3.35. The fraction of sp³-hybridized carbons (Fsp3) is 0.167. The Hall–Kier alpha value is -3.02. The fourth-order valence-corrected chi connectivity index (χ4v) is 3.35. The highest BCUT2D eigenvalue weighted by molar-refractivity contribution is 5.80. The fourth-order valence-electron chi connectivity index (χ4n) is 3.35. The molecule has 0 atom stereocenters. The van der Waals surface area contributed by atoms with Crippen molar-refractivity contribution in [2.75, 3.05) is 0 Å². The summed E-state index contributed by atoms with van der Waals surface area (Å²) in [6.45, 7) is 0.851. The Bertz CT molecular complexity index is 1030. The van der Waals surface area contributed by atoms with Crippen LogP contribution in [-0.2, 0) is 13.0 Å². The van der Waals surface area contributed by atoms with Gasteiger partial charge in [-0.3, -0.25) is 4.68 Å². The van der Waals surface area contributed by atoms with Crippen LogP contribution in [0.2, 0.25) is 0 Å². The molecule has 6 heteroatoms. The van der Waals surface area contributed by atoms with Crippen LogP contribution in [0.15, 0.2) is 48.7 Å². The molecule has 1 aliphatic rings. The summed E-state index contributed by atoms with van der Waals surface area (Å²) in [6.07, 6.45) is 3.81.